The van der Waals surface area contributed by atoms with E-state index in [9.17, 15) is 9.18 Å². The van der Waals surface area contributed by atoms with Gasteiger partial charge in [0.05, 0.1) is 17.3 Å². The number of amides is 1. The molecule has 1 fully saturated rings. The zero-order valence-electron chi connectivity index (χ0n) is 9.84. The van der Waals surface area contributed by atoms with Crippen LogP contribution < -0.4 is 5.32 Å². The molecule has 2 rings (SSSR count). The molecule has 0 radical (unpaired) electrons. The van der Waals surface area contributed by atoms with Crippen LogP contribution in [-0.4, -0.2) is 30.4 Å². The van der Waals surface area contributed by atoms with Gasteiger partial charge in [-0.2, -0.15) is 0 Å². The van der Waals surface area contributed by atoms with E-state index in [2.05, 4.69) is 21.2 Å². The van der Waals surface area contributed by atoms with Crippen LogP contribution >= 0.6 is 27.5 Å². The minimum absolute atomic E-state index is 0.00444. The monoisotopic (exact) mass is 334 g/mol. The first-order chi connectivity index (χ1) is 8.49. The molecular weight excluding hydrogens is 323 g/mol. The second kappa shape index (κ2) is 5.45. The largest absolute Gasteiger partial charge is 0.374 e. The Morgan fingerprint density at radius 2 is 2.28 bits per heavy atom. The molecular formula is C12H13BrClFN2O. The molecule has 0 aliphatic heterocycles. The smallest absolute Gasteiger partial charge is 0.241 e. The number of benzene rings is 1. The molecule has 1 amide bonds. The maximum atomic E-state index is 13.0. The molecule has 1 aromatic carbocycles. The zero-order chi connectivity index (χ0) is 13.3. The molecule has 0 atom stereocenters. The Bertz CT molecular complexity index is 456. The molecule has 1 saturated carbocycles. The Labute approximate surface area is 118 Å². The van der Waals surface area contributed by atoms with E-state index in [0.29, 0.717) is 16.2 Å². The van der Waals surface area contributed by atoms with Crippen molar-refractivity contribution >= 4 is 39.1 Å². The van der Waals surface area contributed by atoms with Crippen LogP contribution in [0, 0.1) is 5.82 Å². The molecule has 0 aromatic heterocycles. The molecule has 98 valence electrons. The number of nitrogens with zero attached hydrogens (tertiary/aromatic N) is 1. The van der Waals surface area contributed by atoms with Crippen LogP contribution in [0.3, 0.4) is 0 Å². The SMILES string of the molecule is CN(C(=O)CNc1c(Cl)cc(F)cc1Br)C1CC1. The van der Waals surface area contributed by atoms with Crippen LogP contribution in [0.5, 0.6) is 0 Å². The third kappa shape index (κ3) is 3.14. The highest BCUT2D eigenvalue weighted by Gasteiger charge is 2.29. The van der Waals surface area contributed by atoms with E-state index in [1.807, 2.05) is 0 Å². The van der Waals surface area contributed by atoms with Gasteiger partial charge in [-0.25, -0.2) is 4.39 Å². The highest BCUT2D eigenvalue weighted by molar-refractivity contribution is 9.10. The molecule has 1 aliphatic carbocycles. The van der Waals surface area contributed by atoms with E-state index in [1.54, 1.807) is 11.9 Å². The number of carbonyl (C=O) groups excluding carboxylic acids is 1. The van der Waals surface area contributed by atoms with Crippen LogP contribution in [0.4, 0.5) is 10.1 Å². The number of likely N-dealkylation sites (N-methyl/N-ethyl adjacent to an activating group) is 1. The molecule has 0 saturated heterocycles. The van der Waals surface area contributed by atoms with Crippen molar-refractivity contribution in [2.24, 2.45) is 0 Å². The molecule has 3 nitrogen and oxygen atoms in total. The van der Waals surface area contributed by atoms with Crippen molar-refractivity contribution in [1.29, 1.82) is 0 Å². The Morgan fingerprint density at radius 1 is 1.61 bits per heavy atom. The average molecular weight is 336 g/mol. The minimum Gasteiger partial charge on any atom is -0.374 e. The van der Waals surface area contributed by atoms with Crippen LogP contribution in [0.25, 0.3) is 0 Å². The van der Waals surface area contributed by atoms with E-state index in [1.165, 1.54) is 12.1 Å². The summed E-state index contributed by atoms with van der Waals surface area (Å²) < 4.78 is 13.5. The third-order valence-corrected chi connectivity index (χ3v) is 3.83. The lowest BCUT2D eigenvalue weighted by Crippen LogP contribution is -2.33. The van der Waals surface area contributed by atoms with Gasteiger partial charge in [0.1, 0.15) is 5.82 Å². The third-order valence-electron chi connectivity index (χ3n) is 2.91. The number of nitrogens with one attached hydrogen (secondary N) is 1. The summed E-state index contributed by atoms with van der Waals surface area (Å²) in [6.45, 7) is 0.150. The van der Waals surface area contributed by atoms with E-state index >= 15 is 0 Å². The summed E-state index contributed by atoms with van der Waals surface area (Å²) in [6.07, 6.45) is 2.15. The topological polar surface area (TPSA) is 32.3 Å². The molecule has 0 bridgehead atoms. The standard InChI is InChI=1S/C12H13BrClFN2O/c1-17(8-2-3-8)11(18)6-16-12-9(13)4-7(15)5-10(12)14/h4-5,8,16H,2-3,6H2,1H3. The molecule has 0 unspecified atom stereocenters. The Balaban J connectivity index is 1.99. The fourth-order valence-electron chi connectivity index (χ4n) is 1.67. The maximum Gasteiger partial charge on any atom is 0.241 e. The van der Waals surface area contributed by atoms with Crippen LogP contribution in [0.1, 0.15) is 12.8 Å². The molecule has 1 aromatic rings. The van der Waals surface area contributed by atoms with Crippen molar-refractivity contribution in [2.75, 3.05) is 18.9 Å². The second-order valence-corrected chi connectivity index (χ2v) is 5.60. The normalized spacial score (nSPS) is 14.4. The maximum absolute atomic E-state index is 13.0. The predicted octanol–water partition coefficient (Wildman–Crippen LogP) is 3.27. The number of rotatable bonds is 4. The number of carbonyl (C=O) groups is 1. The van der Waals surface area contributed by atoms with Gasteiger partial charge in [0.25, 0.3) is 0 Å². The zero-order valence-corrected chi connectivity index (χ0v) is 12.2. The van der Waals surface area contributed by atoms with E-state index in [0.717, 1.165) is 12.8 Å². The lowest BCUT2D eigenvalue weighted by Gasteiger charge is -2.17. The van der Waals surface area contributed by atoms with Crippen molar-refractivity contribution in [1.82, 2.24) is 4.90 Å². The van der Waals surface area contributed by atoms with Gasteiger partial charge in [0.2, 0.25) is 5.91 Å². The highest BCUT2D eigenvalue weighted by Crippen LogP contribution is 2.31. The number of halogens is 3. The van der Waals surface area contributed by atoms with Crippen molar-refractivity contribution in [3.8, 4) is 0 Å². The Morgan fingerprint density at radius 3 is 2.83 bits per heavy atom. The summed E-state index contributed by atoms with van der Waals surface area (Å²) in [4.78, 5) is 13.6. The fourth-order valence-corrected chi connectivity index (χ4v) is 2.62. The molecule has 1 aliphatic rings. The first kappa shape index (κ1) is 13.6. The van der Waals surface area contributed by atoms with E-state index < -0.39 is 5.82 Å². The van der Waals surface area contributed by atoms with Gasteiger partial charge in [0, 0.05) is 17.6 Å². The lowest BCUT2D eigenvalue weighted by molar-refractivity contribution is -0.128. The van der Waals surface area contributed by atoms with Crippen molar-refractivity contribution in [3.05, 3.63) is 27.4 Å². The Kier molecular flexibility index (Phi) is 4.12. The first-order valence-corrected chi connectivity index (χ1v) is 6.80. The van der Waals surface area contributed by atoms with Gasteiger partial charge >= 0.3 is 0 Å². The van der Waals surface area contributed by atoms with Crippen molar-refractivity contribution in [3.63, 3.8) is 0 Å². The number of hydrogen-bond acceptors (Lipinski definition) is 2. The van der Waals surface area contributed by atoms with Crippen LogP contribution in [-0.2, 0) is 4.79 Å². The molecule has 6 heteroatoms. The molecule has 0 heterocycles. The summed E-state index contributed by atoms with van der Waals surface area (Å²) in [5, 5.41) is 3.19. The van der Waals surface area contributed by atoms with Gasteiger partial charge in [-0.3, -0.25) is 4.79 Å². The van der Waals surface area contributed by atoms with Crippen LogP contribution in [0.15, 0.2) is 16.6 Å². The highest BCUT2D eigenvalue weighted by atomic mass is 79.9. The van der Waals surface area contributed by atoms with E-state index in [4.69, 9.17) is 11.6 Å². The molecule has 1 N–H and O–H groups in total. The Hall–Kier alpha value is -0.810. The quantitative estimate of drug-likeness (QED) is 0.916. The minimum atomic E-state index is -0.418. The molecule has 18 heavy (non-hydrogen) atoms. The summed E-state index contributed by atoms with van der Waals surface area (Å²) in [7, 11) is 1.79. The second-order valence-electron chi connectivity index (χ2n) is 4.33. The summed E-state index contributed by atoms with van der Waals surface area (Å²) in [5.41, 5.74) is 0.538. The van der Waals surface area contributed by atoms with Crippen molar-refractivity contribution < 1.29 is 9.18 Å². The van der Waals surface area contributed by atoms with Gasteiger partial charge in [-0.1, -0.05) is 11.6 Å². The number of anilines is 1. The number of hydrogen-bond donors (Lipinski definition) is 1. The average Bonchev–Trinajstić information content (AvgIpc) is 3.09. The molecule has 0 spiro atoms. The summed E-state index contributed by atoms with van der Waals surface area (Å²) >= 11 is 9.13. The van der Waals surface area contributed by atoms with Gasteiger partial charge in [-0.15, -0.1) is 0 Å². The summed E-state index contributed by atoms with van der Waals surface area (Å²) in [6, 6.07) is 2.90. The van der Waals surface area contributed by atoms with Crippen LogP contribution in [0.2, 0.25) is 5.02 Å². The van der Waals surface area contributed by atoms with Gasteiger partial charge in [-0.05, 0) is 40.9 Å². The van der Waals surface area contributed by atoms with Crippen molar-refractivity contribution in [2.45, 2.75) is 18.9 Å². The van der Waals surface area contributed by atoms with E-state index in [-0.39, 0.29) is 17.5 Å². The summed E-state index contributed by atoms with van der Waals surface area (Å²) in [5.74, 6) is -0.413. The first-order valence-electron chi connectivity index (χ1n) is 5.63. The van der Waals surface area contributed by atoms with Gasteiger partial charge < -0.3 is 10.2 Å². The predicted molar refractivity (Wildman–Crippen MR) is 73.4 cm³/mol. The lowest BCUT2D eigenvalue weighted by atomic mass is 10.3. The fraction of sp³-hybridized carbons (Fsp3) is 0.417. The van der Waals surface area contributed by atoms with Gasteiger partial charge in [0.15, 0.2) is 0 Å².